The molecule has 6 nitrogen and oxygen atoms in total. The van der Waals surface area contributed by atoms with Crippen LogP contribution in [0, 0.1) is 0 Å². The fourth-order valence-electron chi connectivity index (χ4n) is 3.50. The molecule has 1 amide bonds. The monoisotopic (exact) mass is 515 g/mol. The molecular weight excluding hydrogens is 493 g/mol. The van der Waals surface area contributed by atoms with E-state index in [1.807, 2.05) is 18.2 Å². The van der Waals surface area contributed by atoms with Crippen LogP contribution in [0.4, 0.5) is 5.13 Å². The molecule has 2 aromatic carbocycles. The number of hydrogen-bond donors (Lipinski definition) is 0. The third kappa shape index (κ3) is 5.84. The lowest BCUT2D eigenvalue weighted by Gasteiger charge is -2.27. The van der Waals surface area contributed by atoms with Crippen LogP contribution in [0.15, 0.2) is 36.4 Å². The van der Waals surface area contributed by atoms with Gasteiger partial charge in [-0.3, -0.25) is 14.6 Å². The number of thiazole rings is 1. The van der Waals surface area contributed by atoms with Gasteiger partial charge in [0.1, 0.15) is 5.75 Å². The zero-order chi connectivity index (χ0) is 21.8. The molecule has 1 saturated heterocycles. The predicted molar refractivity (Wildman–Crippen MR) is 133 cm³/mol. The summed E-state index contributed by atoms with van der Waals surface area (Å²) in [7, 11) is 1.63. The fourth-order valence-corrected chi connectivity index (χ4v) is 4.89. The fraction of sp³-hybridized carbons (Fsp3) is 0.364. The Morgan fingerprint density at radius 3 is 2.75 bits per heavy atom. The van der Waals surface area contributed by atoms with Crippen LogP contribution >= 0.6 is 46.9 Å². The zero-order valence-electron chi connectivity index (χ0n) is 17.6. The first-order valence-electron chi connectivity index (χ1n) is 10.1. The minimum atomic E-state index is -0.208. The average Bonchev–Trinajstić information content (AvgIpc) is 3.21. The lowest BCUT2D eigenvalue weighted by atomic mass is 10.2. The Morgan fingerprint density at radius 2 is 2.00 bits per heavy atom. The Labute approximate surface area is 207 Å². The smallest absolute Gasteiger partial charge is 0.261 e. The summed E-state index contributed by atoms with van der Waals surface area (Å²) in [5, 5.41) is 1.47. The molecule has 1 aliphatic rings. The molecule has 2 heterocycles. The van der Waals surface area contributed by atoms with Crippen molar-refractivity contribution < 1.29 is 14.3 Å². The lowest BCUT2D eigenvalue weighted by molar-refractivity contribution is 0.0376. The summed E-state index contributed by atoms with van der Waals surface area (Å²) in [6, 6.07) is 10.6. The summed E-state index contributed by atoms with van der Waals surface area (Å²) < 4.78 is 11.7. The van der Waals surface area contributed by atoms with Crippen LogP contribution in [0.2, 0.25) is 10.0 Å². The summed E-state index contributed by atoms with van der Waals surface area (Å²) in [5.74, 6) is 0.547. The van der Waals surface area contributed by atoms with Gasteiger partial charge in [0, 0.05) is 31.2 Å². The predicted octanol–water partition coefficient (Wildman–Crippen LogP) is 5.40. The van der Waals surface area contributed by atoms with E-state index in [9.17, 15) is 4.79 Å². The van der Waals surface area contributed by atoms with Crippen LogP contribution < -0.4 is 9.64 Å². The lowest BCUT2D eigenvalue weighted by Crippen LogP contribution is -2.39. The van der Waals surface area contributed by atoms with Gasteiger partial charge in [0.15, 0.2) is 5.13 Å². The zero-order valence-corrected chi connectivity index (χ0v) is 20.7. The molecule has 0 atom stereocenters. The number of aromatic nitrogens is 1. The molecule has 0 unspecified atom stereocenters. The highest BCUT2D eigenvalue weighted by Crippen LogP contribution is 2.33. The molecule has 4 rings (SSSR count). The van der Waals surface area contributed by atoms with Gasteiger partial charge >= 0.3 is 0 Å². The standard InChI is InChI=1S/C22H23Cl2N3O3S.ClH/c1-29-16-4-6-19-20(14-16)31-22(25-19)27(8-2-7-26-9-11-30-12-10-26)21(28)17-13-15(23)3-5-18(17)24;/h3-6,13-14H,2,7-12H2,1H3;1H. The molecule has 1 aliphatic heterocycles. The number of ether oxygens (including phenoxy) is 2. The Kier molecular flexibility index (Phi) is 8.99. The Morgan fingerprint density at radius 1 is 1.22 bits per heavy atom. The SMILES string of the molecule is COc1ccc2nc(N(CCCN3CCOCC3)C(=O)c3cc(Cl)ccc3Cl)sc2c1.Cl. The molecule has 0 N–H and O–H groups in total. The molecule has 172 valence electrons. The minimum absolute atomic E-state index is 0. The van der Waals surface area contributed by atoms with E-state index in [0.29, 0.717) is 27.3 Å². The topological polar surface area (TPSA) is 54.9 Å². The first-order chi connectivity index (χ1) is 15.0. The molecule has 0 spiro atoms. The molecule has 10 heteroatoms. The number of halogens is 3. The maximum atomic E-state index is 13.5. The Balaban J connectivity index is 0.00000289. The highest BCUT2D eigenvalue weighted by Gasteiger charge is 2.24. The second-order valence-corrected chi connectivity index (χ2v) is 9.07. The number of fused-ring (bicyclic) bond motifs is 1. The van der Waals surface area contributed by atoms with Crippen LogP contribution in [-0.2, 0) is 4.74 Å². The van der Waals surface area contributed by atoms with Gasteiger partial charge in [-0.25, -0.2) is 4.98 Å². The number of anilines is 1. The van der Waals surface area contributed by atoms with Crippen molar-refractivity contribution >= 4 is 68.2 Å². The molecule has 0 saturated carbocycles. The van der Waals surface area contributed by atoms with E-state index < -0.39 is 0 Å². The number of benzene rings is 2. The van der Waals surface area contributed by atoms with Crippen molar-refractivity contribution in [2.45, 2.75) is 6.42 Å². The number of carbonyl (C=O) groups is 1. The summed E-state index contributed by atoms with van der Waals surface area (Å²) in [6.45, 7) is 4.73. The maximum Gasteiger partial charge on any atom is 0.261 e. The van der Waals surface area contributed by atoms with Crippen LogP contribution in [-0.4, -0.2) is 62.3 Å². The van der Waals surface area contributed by atoms with Gasteiger partial charge in [-0.1, -0.05) is 34.5 Å². The van der Waals surface area contributed by atoms with Crippen molar-refractivity contribution in [2.75, 3.05) is 51.4 Å². The molecule has 32 heavy (non-hydrogen) atoms. The van der Waals surface area contributed by atoms with Crippen molar-refractivity contribution in [3.8, 4) is 5.75 Å². The second-order valence-electron chi connectivity index (χ2n) is 7.22. The van der Waals surface area contributed by atoms with E-state index in [2.05, 4.69) is 4.90 Å². The number of morpholine rings is 1. The minimum Gasteiger partial charge on any atom is -0.497 e. The second kappa shape index (κ2) is 11.5. The van der Waals surface area contributed by atoms with Crippen molar-refractivity contribution in [3.63, 3.8) is 0 Å². The van der Waals surface area contributed by atoms with E-state index >= 15 is 0 Å². The third-order valence-electron chi connectivity index (χ3n) is 5.18. The van der Waals surface area contributed by atoms with Crippen LogP contribution in [0.5, 0.6) is 5.75 Å². The maximum absolute atomic E-state index is 13.5. The van der Waals surface area contributed by atoms with E-state index in [4.69, 9.17) is 37.7 Å². The highest BCUT2D eigenvalue weighted by atomic mass is 35.5. The van der Waals surface area contributed by atoms with E-state index in [1.54, 1.807) is 30.2 Å². The van der Waals surface area contributed by atoms with E-state index in [-0.39, 0.29) is 18.3 Å². The third-order valence-corrected chi connectivity index (χ3v) is 6.78. The molecule has 0 aliphatic carbocycles. The van der Waals surface area contributed by atoms with Crippen LogP contribution in [0.25, 0.3) is 10.2 Å². The largest absolute Gasteiger partial charge is 0.497 e. The number of methoxy groups -OCH3 is 1. The van der Waals surface area contributed by atoms with Gasteiger partial charge < -0.3 is 9.47 Å². The molecule has 0 radical (unpaired) electrons. The Bertz CT molecular complexity index is 1070. The molecule has 1 aromatic heterocycles. The molecule has 1 fully saturated rings. The van der Waals surface area contributed by atoms with Gasteiger partial charge in [-0.2, -0.15) is 0 Å². The van der Waals surface area contributed by atoms with E-state index in [0.717, 1.165) is 55.2 Å². The van der Waals surface area contributed by atoms with Gasteiger partial charge in [0.2, 0.25) is 0 Å². The van der Waals surface area contributed by atoms with Gasteiger partial charge in [0.25, 0.3) is 5.91 Å². The van der Waals surface area contributed by atoms with Crippen molar-refractivity contribution in [2.24, 2.45) is 0 Å². The molecule has 3 aromatic rings. The quantitative estimate of drug-likeness (QED) is 0.421. The summed E-state index contributed by atoms with van der Waals surface area (Å²) >= 11 is 13.9. The first-order valence-corrected chi connectivity index (χ1v) is 11.6. The number of carbonyl (C=O) groups excluding carboxylic acids is 1. The first kappa shape index (κ1) is 25.0. The van der Waals surface area contributed by atoms with Crippen molar-refractivity contribution in [1.82, 2.24) is 9.88 Å². The van der Waals surface area contributed by atoms with Gasteiger partial charge in [0.05, 0.1) is 41.1 Å². The Hall–Kier alpha value is -1.61. The normalized spacial score (nSPS) is 14.2. The number of nitrogens with zero attached hydrogens (tertiary/aromatic N) is 3. The average molecular weight is 517 g/mol. The number of rotatable bonds is 7. The summed E-state index contributed by atoms with van der Waals surface area (Å²) in [6.07, 6.45) is 0.809. The van der Waals surface area contributed by atoms with Crippen LogP contribution in [0.3, 0.4) is 0 Å². The van der Waals surface area contributed by atoms with Crippen LogP contribution in [0.1, 0.15) is 16.8 Å². The van der Waals surface area contributed by atoms with Crippen molar-refractivity contribution in [1.29, 1.82) is 0 Å². The number of amides is 1. The molecular formula is C22H24Cl3N3O3S. The van der Waals surface area contributed by atoms with Gasteiger partial charge in [-0.05, 0) is 42.8 Å². The summed E-state index contributed by atoms with van der Waals surface area (Å²) in [5.41, 5.74) is 1.20. The number of hydrogen-bond acceptors (Lipinski definition) is 6. The van der Waals surface area contributed by atoms with Crippen molar-refractivity contribution in [3.05, 3.63) is 52.0 Å². The molecule has 0 bridgehead atoms. The van der Waals surface area contributed by atoms with E-state index in [1.165, 1.54) is 11.3 Å². The van der Waals surface area contributed by atoms with Gasteiger partial charge in [-0.15, -0.1) is 12.4 Å². The summed E-state index contributed by atoms with van der Waals surface area (Å²) in [4.78, 5) is 22.3. The highest BCUT2D eigenvalue weighted by molar-refractivity contribution is 7.22.